The van der Waals surface area contributed by atoms with Crippen molar-refractivity contribution in [1.82, 2.24) is 12.3 Å². The molecule has 0 amide bonds. The monoisotopic (exact) mass is 812 g/mol. The van der Waals surface area contributed by atoms with Gasteiger partial charge in [-0.05, 0) is 0 Å². The van der Waals surface area contributed by atoms with Gasteiger partial charge in [0.1, 0.15) is 0 Å². The summed E-state index contributed by atoms with van der Waals surface area (Å²) in [5, 5.41) is 118. The van der Waals surface area contributed by atoms with E-state index in [1.165, 1.54) is 0 Å². The second-order valence-electron chi connectivity index (χ2n) is 1.79. The maximum Gasteiger partial charge on any atom is 3.00 e. The Labute approximate surface area is 257 Å². The number of hydrogen-bond acceptors (Lipinski definition) is 24. The molecule has 0 aromatic heterocycles. The largest absolute Gasteiger partial charge is 3.00 e. The van der Waals surface area contributed by atoms with Crippen molar-refractivity contribution in [2.24, 2.45) is 0 Å². The Balaban J connectivity index is -0.0000000180. The van der Waals surface area contributed by atoms with Crippen molar-refractivity contribution in [3.05, 3.63) is 123 Å². The summed E-state index contributed by atoms with van der Waals surface area (Å²) in [7, 11) is 0. The van der Waals surface area contributed by atoms with Crippen molar-refractivity contribution in [3.8, 4) is 0 Å². The molecule has 0 saturated carbocycles. The van der Waals surface area contributed by atoms with E-state index >= 15 is 0 Å². The molecule has 0 aliphatic carbocycles. The summed E-state index contributed by atoms with van der Waals surface area (Å²) in [4.78, 5) is 66.0. The number of hydrogen-bond donors (Lipinski definition) is 2. The molecule has 8 N–H and O–H groups in total. The van der Waals surface area contributed by atoms with Gasteiger partial charge in [0, 0.05) is 0 Å². The van der Waals surface area contributed by atoms with Crippen LogP contribution < -0.4 is 12.3 Å². The quantitative estimate of drug-likeness (QED) is 0.215. The Hall–Kier alpha value is -3.73. The Morgan fingerprint density at radius 2 is 0.222 bits per heavy atom. The van der Waals surface area contributed by atoms with E-state index in [2.05, 4.69) is 0 Å². The second-order valence-corrected chi connectivity index (χ2v) is 1.79. The zero-order chi connectivity index (χ0) is 28.6. The average Bonchev–Trinajstić information content (AvgIpc) is 2.30. The molecule has 0 aliphatic rings. The summed E-state index contributed by atoms with van der Waals surface area (Å²) < 4.78 is 0. The molecular formula is H8Ce2N10O24. The fourth-order valence-corrected chi connectivity index (χ4v) is 0. The molecule has 0 heterocycles. The maximum atomic E-state index is 8.25. The summed E-state index contributed by atoms with van der Waals surface area (Å²) >= 11 is 0. The van der Waals surface area contributed by atoms with Crippen molar-refractivity contribution < 1.29 is 124 Å². The van der Waals surface area contributed by atoms with Gasteiger partial charge >= 0.3 is 83.5 Å². The second kappa shape index (κ2) is 69.7. The van der Waals surface area contributed by atoms with Crippen LogP contribution in [0.15, 0.2) is 0 Å². The summed E-state index contributed by atoms with van der Waals surface area (Å²) in [6, 6.07) is 0. The first-order valence-electron chi connectivity index (χ1n) is 4.38. The molecular weight excluding hydrogens is 804 g/mol. The van der Waals surface area contributed by atoms with Gasteiger partial charge in [-0.15, -0.1) is 0 Å². The summed E-state index contributed by atoms with van der Waals surface area (Å²) in [6.07, 6.45) is 0. The topological polar surface area (TPSA) is 603 Å². The van der Waals surface area contributed by atoms with Crippen molar-refractivity contribution in [3.63, 3.8) is 0 Å². The molecule has 0 aliphatic heterocycles. The number of quaternary nitrogens is 2. The van der Waals surface area contributed by atoms with Crippen LogP contribution in [0.1, 0.15) is 0 Å². The molecule has 0 spiro atoms. The van der Waals surface area contributed by atoms with Crippen molar-refractivity contribution in [2.45, 2.75) is 0 Å². The molecule has 36 heavy (non-hydrogen) atoms. The molecule has 2 radical (unpaired) electrons. The van der Waals surface area contributed by atoms with Gasteiger partial charge in [-0.2, -0.15) is 0 Å². The Kier molecular flexibility index (Phi) is 149. The van der Waals surface area contributed by atoms with Gasteiger partial charge in [0.05, 0.1) is 40.7 Å². The van der Waals surface area contributed by atoms with Gasteiger partial charge in [0.15, 0.2) is 0 Å². The fourth-order valence-electron chi connectivity index (χ4n) is 0. The summed E-state index contributed by atoms with van der Waals surface area (Å²) in [5.74, 6) is 0. The van der Waals surface area contributed by atoms with E-state index in [9.17, 15) is 0 Å². The Morgan fingerprint density at radius 3 is 0.222 bits per heavy atom. The van der Waals surface area contributed by atoms with Crippen LogP contribution in [-0.4, -0.2) is 40.7 Å². The van der Waals surface area contributed by atoms with Crippen molar-refractivity contribution in [2.75, 3.05) is 0 Å². The van der Waals surface area contributed by atoms with Gasteiger partial charge in [-0.3, -0.25) is 0 Å². The third kappa shape index (κ3) is 1870. The first kappa shape index (κ1) is 76.8. The molecule has 0 aromatic carbocycles. The first-order chi connectivity index (χ1) is 13.9. The smallest absolute Gasteiger partial charge is 0.369 e. The van der Waals surface area contributed by atoms with E-state index in [1.54, 1.807) is 0 Å². The average molecular weight is 812 g/mol. The van der Waals surface area contributed by atoms with E-state index < -0.39 is 40.7 Å². The third-order valence-electron chi connectivity index (χ3n) is 0. The molecule has 0 unspecified atom stereocenters. The molecule has 0 bridgehead atoms. The van der Waals surface area contributed by atoms with E-state index in [4.69, 9.17) is 123 Å². The van der Waals surface area contributed by atoms with Crippen molar-refractivity contribution in [1.29, 1.82) is 0 Å². The van der Waals surface area contributed by atoms with Gasteiger partial charge in [0.25, 0.3) is 0 Å². The molecule has 210 valence electrons. The summed E-state index contributed by atoms with van der Waals surface area (Å²) in [6.45, 7) is 0. The van der Waals surface area contributed by atoms with Crippen LogP contribution in [0.5, 0.6) is 0 Å². The van der Waals surface area contributed by atoms with Crippen LogP contribution in [0.4, 0.5) is 0 Å². The number of rotatable bonds is 0. The third-order valence-corrected chi connectivity index (χ3v) is 0. The summed E-state index contributed by atoms with van der Waals surface area (Å²) in [5.41, 5.74) is 0. The minimum Gasteiger partial charge on any atom is -0.369 e. The van der Waals surface area contributed by atoms with Gasteiger partial charge in [0.2, 0.25) is 0 Å². The fraction of sp³-hybridized carbons (Fsp3) is 0. The van der Waals surface area contributed by atoms with Crippen LogP contribution in [-0.2, 0) is 0 Å². The predicted octanol–water partition coefficient (Wildman–Crippen LogP) is -1.16. The van der Waals surface area contributed by atoms with E-state index in [0.29, 0.717) is 0 Å². The van der Waals surface area contributed by atoms with Crippen LogP contribution in [0.25, 0.3) is 0 Å². The zero-order valence-electron chi connectivity index (χ0n) is 16.4. The van der Waals surface area contributed by atoms with E-state index in [0.717, 1.165) is 0 Å². The van der Waals surface area contributed by atoms with Gasteiger partial charge in [-0.1, -0.05) is 0 Å². The van der Waals surface area contributed by atoms with E-state index in [1.807, 2.05) is 0 Å². The molecule has 0 atom stereocenters. The number of nitrogens with zero attached hydrogens (tertiary/aromatic N) is 8. The van der Waals surface area contributed by atoms with Gasteiger partial charge in [-0.25, -0.2) is 0 Å². The van der Waals surface area contributed by atoms with Crippen LogP contribution in [0.3, 0.4) is 0 Å². The maximum absolute atomic E-state index is 8.25. The van der Waals surface area contributed by atoms with Crippen molar-refractivity contribution >= 4 is 0 Å². The Bertz CT molecular complexity index is 369. The first-order valence-corrected chi connectivity index (χ1v) is 4.38. The predicted molar refractivity (Wildman–Crippen MR) is 94.9 cm³/mol. The van der Waals surface area contributed by atoms with Crippen LogP contribution in [0, 0.1) is 206 Å². The molecule has 0 rings (SSSR count). The minimum atomic E-state index is -1.75. The molecule has 36 heteroatoms. The molecule has 0 saturated heterocycles. The SMILES string of the molecule is O=[N+]([O-])[O-].O=[N+]([O-])[O-].O=[N+]([O-])[O-].O=[N+]([O-])[O-].O=[N+]([O-])[O-].O=[N+]([O-])[O-].O=[N+]([O-])[O-].O=[N+]([O-])[O-].[Ce+3].[Ce+3].[NH4+].[NH4+]. The van der Waals surface area contributed by atoms with Gasteiger partial charge < -0.3 is 135 Å². The van der Waals surface area contributed by atoms with Crippen LogP contribution in [0.2, 0.25) is 0 Å². The molecule has 0 aromatic rings. The zero-order valence-corrected chi connectivity index (χ0v) is 22.7. The van der Waals surface area contributed by atoms with E-state index in [-0.39, 0.29) is 95.8 Å². The van der Waals surface area contributed by atoms with Crippen LogP contribution >= 0.6 is 0 Å². The Morgan fingerprint density at radius 1 is 0.222 bits per heavy atom. The standard InChI is InChI=1S/2Ce.8NO3.2H3N/c;;8*2-1(3)4;;/h;;;;;;;;;;2*1H3/q2*+3;8*-1;;/p+2. The molecule has 34 nitrogen and oxygen atoms in total. The molecule has 0 fully saturated rings. The normalized spacial score (nSPS) is 5.33. The minimum absolute atomic E-state index is 0.